The molecular weight excluding hydrogens is 496 g/mol. The highest BCUT2D eigenvalue weighted by Crippen LogP contribution is 2.35. The number of hydrogen-bond acceptors (Lipinski definition) is 3. The number of hydrazone groups is 1. The van der Waals surface area contributed by atoms with Crippen molar-refractivity contribution in [2.75, 3.05) is 13.1 Å². The third kappa shape index (κ3) is 5.15. The lowest BCUT2D eigenvalue weighted by atomic mass is 10.0. The van der Waals surface area contributed by atoms with Gasteiger partial charge in [0.25, 0.3) is 0 Å². The van der Waals surface area contributed by atoms with Crippen LogP contribution in [0.2, 0.25) is 15.1 Å². The van der Waals surface area contributed by atoms with Crippen molar-refractivity contribution in [1.82, 2.24) is 14.8 Å². The molecule has 0 unspecified atom stereocenters. The Bertz CT molecular complexity index is 1180. The zero-order valence-electron chi connectivity index (χ0n) is 17.6. The molecule has 0 bridgehead atoms. The van der Waals surface area contributed by atoms with Gasteiger partial charge in [0.15, 0.2) is 5.71 Å². The van der Waals surface area contributed by atoms with Gasteiger partial charge < -0.3 is 0 Å². The van der Waals surface area contributed by atoms with Gasteiger partial charge in [0.05, 0.1) is 16.4 Å². The summed E-state index contributed by atoms with van der Waals surface area (Å²) in [5.74, 6) is 0. The lowest BCUT2D eigenvalue weighted by Gasteiger charge is -2.25. The fraction of sp³-hybridized carbons (Fsp3) is 0.304. The van der Waals surface area contributed by atoms with Crippen molar-refractivity contribution >= 4 is 40.5 Å². The van der Waals surface area contributed by atoms with E-state index in [1.165, 1.54) is 15.8 Å². The smallest absolute Gasteiger partial charge is 0.296 e. The number of halogens is 6. The van der Waals surface area contributed by atoms with E-state index in [1.54, 1.807) is 43.3 Å². The first-order valence-electron chi connectivity index (χ1n) is 10.4. The van der Waals surface area contributed by atoms with Crippen molar-refractivity contribution in [2.24, 2.45) is 5.10 Å². The molecule has 1 aliphatic rings. The maximum absolute atomic E-state index is 14.2. The van der Waals surface area contributed by atoms with Crippen LogP contribution in [0.15, 0.2) is 47.6 Å². The van der Waals surface area contributed by atoms with Gasteiger partial charge in [0.2, 0.25) is 0 Å². The Morgan fingerprint density at radius 2 is 1.58 bits per heavy atom. The molecule has 10 heteroatoms. The molecule has 4 rings (SSSR count). The van der Waals surface area contributed by atoms with Crippen LogP contribution in [0.4, 0.5) is 13.2 Å². The van der Waals surface area contributed by atoms with Crippen molar-refractivity contribution in [3.8, 4) is 16.9 Å². The number of alkyl halides is 3. The standard InChI is InChI=1S/C23H20Cl3F3N4/c1-14-20(22(23(27,28)29)31-32-11-3-2-4-12-32)30-33(19-10-9-17(25)13-18(19)26)21(14)15-5-7-16(24)8-6-15/h5-10,13H,2-4,11-12H2,1H3/b31-22-. The average Bonchev–Trinajstić information content (AvgIpc) is 3.09. The van der Waals surface area contributed by atoms with Gasteiger partial charge >= 0.3 is 6.18 Å². The van der Waals surface area contributed by atoms with Gasteiger partial charge in [-0.1, -0.05) is 46.9 Å². The Hall–Kier alpha value is -2.22. The fourth-order valence-electron chi connectivity index (χ4n) is 3.85. The molecule has 1 aromatic heterocycles. The molecule has 3 aromatic rings. The summed E-state index contributed by atoms with van der Waals surface area (Å²) >= 11 is 18.5. The number of rotatable bonds is 4. The van der Waals surface area contributed by atoms with Crippen LogP contribution in [0.1, 0.15) is 30.5 Å². The Balaban J connectivity index is 1.95. The summed E-state index contributed by atoms with van der Waals surface area (Å²) in [7, 11) is 0. The lowest BCUT2D eigenvalue weighted by Crippen LogP contribution is -2.32. The number of nitrogens with zero attached hydrogens (tertiary/aromatic N) is 4. The topological polar surface area (TPSA) is 33.4 Å². The minimum Gasteiger partial charge on any atom is -0.296 e. The third-order valence-corrected chi connectivity index (χ3v) is 6.23. The van der Waals surface area contributed by atoms with Crippen LogP contribution in [0.3, 0.4) is 0 Å². The number of hydrogen-bond donors (Lipinski definition) is 0. The van der Waals surface area contributed by atoms with Crippen molar-refractivity contribution in [2.45, 2.75) is 32.4 Å². The van der Waals surface area contributed by atoms with E-state index in [9.17, 15) is 13.2 Å². The molecule has 0 radical (unpaired) electrons. The fourth-order valence-corrected chi connectivity index (χ4v) is 4.47. The van der Waals surface area contributed by atoms with Gasteiger partial charge in [-0.3, -0.25) is 5.01 Å². The molecule has 0 atom stereocenters. The summed E-state index contributed by atoms with van der Waals surface area (Å²) < 4.78 is 44.0. The highest BCUT2D eigenvalue weighted by molar-refractivity contribution is 6.35. The van der Waals surface area contributed by atoms with Crippen LogP contribution in [0.25, 0.3) is 16.9 Å². The SMILES string of the molecule is Cc1c(/C(=N/N2CCCCC2)C(F)(F)F)nn(-c2ccc(Cl)cc2Cl)c1-c1ccc(Cl)cc1. The number of piperidine rings is 1. The molecule has 33 heavy (non-hydrogen) atoms. The predicted octanol–water partition coefficient (Wildman–Crippen LogP) is 7.56. The summed E-state index contributed by atoms with van der Waals surface area (Å²) in [6.07, 6.45) is -2.10. The van der Waals surface area contributed by atoms with Gasteiger partial charge in [-0.2, -0.15) is 23.4 Å². The number of aromatic nitrogens is 2. The first-order valence-corrected chi connectivity index (χ1v) is 11.5. The Morgan fingerprint density at radius 1 is 0.939 bits per heavy atom. The summed E-state index contributed by atoms with van der Waals surface area (Å²) in [4.78, 5) is 0. The number of benzene rings is 2. The molecule has 0 saturated carbocycles. The minimum atomic E-state index is -4.69. The van der Waals surface area contributed by atoms with Gasteiger partial charge in [-0.25, -0.2) is 4.68 Å². The average molecular weight is 516 g/mol. The van der Waals surface area contributed by atoms with Crippen LogP contribution < -0.4 is 0 Å². The molecule has 0 amide bonds. The molecule has 1 aliphatic heterocycles. The first-order chi connectivity index (χ1) is 15.6. The third-order valence-electron chi connectivity index (χ3n) is 5.44. The summed E-state index contributed by atoms with van der Waals surface area (Å²) in [6.45, 7) is 2.56. The van der Waals surface area contributed by atoms with Gasteiger partial charge in [-0.15, -0.1) is 0 Å². The Kier molecular flexibility index (Phi) is 6.93. The molecule has 2 heterocycles. The Morgan fingerprint density at radius 3 is 2.18 bits per heavy atom. The van der Waals surface area contributed by atoms with Crippen LogP contribution in [0.5, 0.6) is 0 Å². The van der Waals surface area contributed by atoms with Crippen LogP contribution in [-0.4, -0.2) is 39.8 Å². The first kappa shape index (κ1) is 23.9. The molecule has 0 aliphatic carbocycles. The van der Waals surface area contributed by atoms with Crippen molar-refractivity contribution in [3.63, 3.8) is 0 Å². The van der Waals surface area contributed by atoms with E-state index in [-0.39, 0.29) is 10.7 Å². The molecule has 174 valence electrons. The second-order valence-electron chi connectivity index (χ2n) is 7.80. The normalized spacial score (nSPS) is 15.2. The van der Waals surface area contributed by atoms with E-state index in [0.29, 0.717) is 45.6 Å². The van der Waals surface area contributed by atoms with E-state index in [1.807, 2.05) is 0 Å². The van der Waals surface area contributed by atoms with E-state index in [4.69, 9.17) is 34.8 Å². The molecule has 0 N–H and O–H groups in total. The molecule has 1 fully saturated rings. The van der Waals surface area contributed by atoms with Crippen LogP contribution in [-0.2, 0) is 0 Å². The minimum absolute atomic E-state index is 0.246. The molecule has 0 spiro atoms. The molecule has 2 aromatic carbocycles. The molecule has 1 saturated heterocycles. The van der Waals surface area contributed by atoms with E-state index in [2.05, 4.69) is 10.2 Å². The summed E-state index contributed by atoms with van der Waals surface area (Å²) in [5, 5.41) is 11.0. The van der Waals surface area contributed by atoms with Crippen LogP contribution >= 0.6 is 34.8 Å². The van der Waals surface area contributed by atoms with Crippen molar-refractivity contribution in [1.29, 1.82) is 0 Å². The lowest BCUT2D eigenvalue weighted by molar-refractivity contribution is -0.0598. The zero-order chi connectivity index (χ0) is 23.8. The largest absolute Gasteiger partial charge is 0.437 e. The monoisotopic (exact) mass is 514 g/mol. The quantitative estimate of drug-likeness (QED) is 0.336. The van der Waals surface area contributed by atoms with Crippen LogP contribution in [0, 0.1) is 6.92 Å². The zero-order valence-corrected chi connectivity index (χ0v) is 19.9. The highest BCUT2D eigenvalue weighted by Gasteiger charge is 2.41. The summed E-state index contributed by atoms with van der Waals surface area (Å²) in [6, 6.07) is 11.5. The van der Waals surface area contributed by atoms with Gasteiger partial charge in [-0.05, 0) is 56.5 Å². The van der Waals surface area contributed by atoms with Gasteiger partial charge in [0.1, 0.15) is 5.69 Å². The molecule has 4 nitrogen and oxygen atoms in total. The maximum atomic E-state index is 14.2. The molecular formula is C23H20Cl3F3N4. The van der Waals surface area contributed by atoms with E-state index >= 15 is 0 Å². The van der Waals surface area contributed by atoms with Gasteiger partial charge in [0, 0.05) is 34.3 Å². The van der Waals surface area contributed by atoms with E-state index in [0.717, 1.165) is 19.3 Å². The highest BCUT2D eigenvalue weighted by atomic mass is 35.5. The maximum Gasteiger partial charge on any atom is 0.437 e. The van der Waals surface area contributed by atoms with Crippen molar-refractivity contribution in [3.05, 3.63) is 68.8 Å². The second kappa shape index (κ2) is 9.57. The second-order valence-corrected chi connectivity index (χ2v) is 9.08. The Labute approximate surface area is 204 Å². The van der Waals surface area contributed by atoms with E-state index < -0.39 is 11.9 Å². The predicted molar refractivity (Wildman–Crippen MR) is 127 cm³/mol. The summed E-state index contributed by atoms with van der Waals surface area (Å²) in [5.41, 5.74) is 0.559. The van der Waals surface area contributed by atoms with Crippen molar-refractivity contribution < 1.29 is 13.2 Å².